The van der Waals surface area contributed by atoms with Crippen molar-refractivity contribution < 1.29 is 4.79 Å². The first-order chi connectivity index (χ1) is 12.8. The van der Waals surface area contributed by atoms with Gasteiger partial charge in [0.05, 0.1) is 11.4 Å². The second-order valence-corrected chi connectivity index (χ2v) is 7.56. The summed E-state index contributed by atoms with van der Waals surface area (Å²) in [6.07, 6.45) is 2.33. The van der Waals surface area contributed by atoms with Crippen molar-refractivity contribution in [2.75, 3.05) is 12.3 Å². The van der Waals surface area contributed by atoms with Crippen LogP contribution in [-0.4, -0.2) is 28.0 Å². The number of nitrogens with zero attached hydrogens (tertiary/aromatic N) is 2. The number of rotatable bonds is 7. The van der Waals surface area contributed by atoms with E-state index in [2.05, 4.69) is 22.5 Å². The molecule has 0 radical (unpaired) electrons. The first-order valence-corrected chi connectivity index (χ1v) is 9.91. The van der Waals surface area contributed by atoms with E-state index in [9.17, 15) is 4.79 Å². The number of aromatic nitrogens is 2. The van der Waals surface area contributed by atoms with Crippen LogP contribution < -0.4 is 5.32 Å². The molecular weight excluding hydrogens is 342 g/mol. The van der Waals surface area contributed by atoms with Gasteiger partial charge in [-0.1, -0.05) is 36.4 Å². The van der Waals surface area contributed by atoms with Crippen LogP contribution in [-0.2, 0) is 0 Å². The lowest BCUT2D eigenvalue weighted by Crippen LogP contribution is -2.27. The number of hydrogen-bond donors (Lipinski definition) is 1. The van der Waals surface area contributed by atoms with Crippen LogP contribution in [0.15, 0.2) is 71.6 Å². The summed E-state index contributed by atoms with van der Waals surface area (Å²) in [6, 6.07) is 22.0. The summed E-state index contributed by atoms with van der Waals surface area (Å²) in [5.41, 5.74) is 2.56. The molecule has 0 saturated heterocycles. The quantitative estimate of drug-likeness (QED) is 0.504. The molecule has 1 aromatic heterocycles. The van der Waals surface area contributed by atoms with E-state index < -0.39 is 0 Å². The number of amides is 1. The van der Waals surface area contributed by atoms with Crippen molar-refractivity contribution in [2.45, 2.75) is 23.7 Å². The van der Waals surface area contributed by atoms with Crippen molar-refractivity contribution in [1.29, 1.82) is 0 Å². The van der Waals surface area contributed by atoms with Gasteiger partial charge in [-0.25, -0.2) is 4.68 Å². The summed E-state index contributed by atoms with van der Waals surface area (Å²) in [6.45, 7) is 0.622. The van der Waals surface area contributed by atoms with Crippen molar-refractivity contribution in [3.63, 3.8) is 0 Å². The first kappa shape index (κ1) is 16.9. The third-order valence-electron chi connectivity index (χ3n) is 4.36. The Hall–Kier alpha value is -2.53. The predicted octanol–water partition coefficient (Wildman–Crippen LogP) is 4.27. The van der Waals surface area contributed by atoms with Gasteiger partial charge < -0.3 is 5.32 Å². The molecule has 0 aliphatic heterocycles. The molecule has 2 aromatic carbocycles. The molecule has 132 valence electrons. The fraction of sp³-hybridized carbons (Fsp3) is 0.238. The molecule has 1 aliphatic rings. The zero-order chi connectivity index (χ0) is 17.8. The van der Waals surface area contributed by atoms with Crippen LogP contribution >= 0.6 is 11.8 Å². The topological polar surface area (TPSA) is 46.9 Å². The molecule has 0 unspecified atom stereocenters. The molecule has 0 atom stereocenters. The third kappa shape index (κ3) is 3.99. The highest BCUT2D eigenvalue weighted by atomic mass is 32.2. The van der Waals surface area contributed by atoms with Crippen LogP contribution in [0.1, 0.15) is 34.9 Å². The predicted molar refractivity (Wildman–Crippen MR) is 105 cm³/mol. The highest BCUT2D eigenvalue weighted by molar-refractivity contribution is 7.99. The van der Waals surface area contributed by atoms with Crippen molar-refractivity contribution in [1.82, 2.24) is 15.1 Å². The zero-order valence-corrected chi connectivity index (χ0v) is 15.3. The summed E-state index contributed by atoms with van der Waals surface area (Å²) < 4.78 is 1.77. The average molecular weight is 363 g/mol. The van der Waals surface area contributed by atoms with Crippen molar-refractivity contribution >= 4 is 17.7 Å². The minimum Gasteiger partial charge on any atom is -0.350 e. The smallest absolute Gasteiger partial charge is 0.270 e. The molecule has 3 aromatic rings. The molecule has 0 spiro atoms. The van der Waals surface area contributed by atoms with Gasteiger partial charge in [-0.15, -0.1) is 11.8 Å². The van der Waals surface area contributed by atoms with Crippen LogP contribution in [0.4, 0.5) is 0 Å². The SMILES string of the molecule is O=C(NCCSc1ccccc1)c1cc(C2CC2)nn1-c1ccccc1. The van der Waals surface area contributed by atoms with Gasteiger partial charge in [0.2, 0.25) is 0 Å². The fourth-order valence-corrected chi connectivity index (χ4v) is 3.64. The van der Waals surface area contributed by atoms with Crippen molar-refractivity contribution in [3.05, 3.63) is 78.1 Å². The van der Waals surface area contributed by atoms with Crippen molar-refractivity contribution in [2.24, 2.45) is 0 Å². The minimum absolute atomic E-state index is 0.0677. The number of hydrogen-bond acceptors (Lipinski definition) is 3. The van der Waals surface area contributed by atoms with E-state index in [1.807, 2.05) is 54.6 Å². The Morgan fingerprint density at radius 3 is 2.46 bits per heavy atom. The third-order valence-corrected chi connectivity index (χ3v) is 5.37. The summed E-state index contributed by atoms with van der Waals surface area (Å²) in [4.78, 5) is 13.9. The number of nitrogens with one attached hydrogen (secondary N) is 1. The van der Waals surface area contributed by atoms with Crippen molar-refractivity contribution in [3.8, 4) is 5.69 Å². The largest absolute Gasteiger partial charge is 0.350 e. The Morgan fingerprint density at radius 1 is 1.08 bits per heavy atom. The number of benzene rings is 2. The molecule has 1 fully saturated rings. The highest BCUT2D eigenvalue weighted by Crippen LogP contribution is 2.39. The van der Waals surface area contributed by atoms with E-state index in [0.29, 0.717) is 18.2 Å². The van der Waals surface area contributed by atoms with E-state index in [1.165, 1.54) is 17.7 Å². The number of carbonyl (C=O) groups is 1. The molecule has 1 saturated carbocycles. The van der Waals surface area contributed by atoms with E-state index in [0.717, 1.165) is 17.1 Å². The van der Waals surface area contributed by atoms with Crippen LogP contribution in [0.5, 0.6) is 0 Å². The maximum atomic E-state index is 12.7. The van der Waals surface area contributed by atoms with Gasteiger partial charge >= 0.3 is 0 Å². The summed E-state index contributed by atoms with van der Waals surface area (Å²) in [7, 11) is 0. The van der Waals surface area contributed by atoms with Gasteiger partial charge in [-0.3, -0.25) is 4.79 Å². The first-order valence-electron chi connectivity index (χ1n) is 8.93. The fourth-order valence-electron chi connectivity index (χ4n) is 2.85. The Labute approximate surface area is 157 Å². The van der Waals surface area contributed by atoms with Crippen LogP contribution in [0.3, 0.4) is 0 Å². The van der Waals surface area contributed by atoms with Gasteiger partial charge in [-0.2, -0.15) is 5.10 Å². The van der Waals surface area contributed by atoms with E-state index in [4.69, 9.17) is 0 Å². The number of carbonyl (C=O) groups excluding carboxylic acids is 1. The monoisotopic (exact) mass is 363 g/mol. The second kappa shape index (κ2) is 7.79. The highest BCUT2D eigenvalue weighted by Gasteiger charge is 2.28. The Bertz CT molecular complexity index is 873. The molecule has 4 nitrogen and oxygen atoms in total. The molecular formula is C21H21N3OS. The van der Waals surface area contributed by atoms with Crippen LogP contribution in [0, 0.1) is 0 Å². The van der Waals surface area contributed by atoms with E-state index in [1.54, 1.807) is 16.4 Å². The molecule has 1 aliphatic carbocycles. The number of thioether (sulfide) groups is 1. The Kier molecular flexibility index (Phi) is 5.07. The molecule has 1 heterocycles. The summed E-state index contributed by atoms with van der Waals surface area (Å²) in [5.74, 6) is 1.28. The Morgan fingerprint density at radius 2 is 1.77 bits per heavy atom. The molecule has 4 rings (SSSR count). The standard InChI is InChI=1S/C21H21N3OS/c25-21(22-13-14-26-18-9-5-2-6-10-18)20-15-19(16-11-12-16)23-24(20)17-7-3-1-4-8-17/h1-10,15-16H,11-14H2,(H,22,25). The molecule has 1 N–H and O–H groups in total. The molecule has 26 heavy (non-hydrogen) atoms. The van der Waals surface area contributed by atoms with E-state index in [-0.39, 0.29) is 5.91 Å². The van der Waals surface area contributed by atoms with Gasteiger partial charge in [0.1, 0.15) is 5.69 Å². The second-order valence-electron chi connectivity index (χ2n) is 6.39. The maximum absolute atomic E-state index is 12.7. The summed E-state index contributed by atoms with van der Waals surface area (Å²) in [5, 5.41) is 7.72. The van der Waals surface area contributed by atoms with E-state index >= 15 is 0 Å². The van der Waals surface area contributed by atoms with Gasteiger partial charge in [0, 0.05) is 23.1 Å². The number of para-hydroxylation sites is 1. The van der Waals surface area contributed by atoms with Gasteiger partial charge in [0.15, 0.2) is 0 Å². The average Bonchev–Trinajstić information content (AvgIpc) is 3.45. The minimum atomic E-state index is -0.0677. The maximum Gasteiger partial charge on any atom is 0.270 e. The molecule has 1 amide bonds. The van der Waals surface area contributed by atoms with Crippen LogP contribution in [0.2, 0.25) is 0 Å². The normalized spacial score (nSPS) is 13.5. The lowest BCUT2D eigenvalue weighted by atomic mass is 10.2. The summed E-state index contributed by atoms with van der Waals surface area (Å²) >= 11 is 1.74. The van der Waals surface area contributed by atoms with Crippen LogP contribution in [0.25, 0.3) is 5.69 Å². The lowest BCUT2D eigenvalue weighted by Gasteiger charge is -2.08. The Balaban J connectivity index is 1.43. The van der Waals surface area contributed by atoms with Gasteiger partial charge in [-0.05, 0) is 43.2 Å². The van der Waals surface area contributed by atoms with Gasteiger partial charge in [0.25, 0.3) is 5.91 Å². The molecule has 0 bridgehead atoms. The zero-order valence-electron chi connectivity index (χ0n) is 14.5. The molecule has 5 heteroatoms. The lowest BCUT2D eigenvalue weighted by molar-refractivity contribution is 0.0948.